The summed E-state index contributed by atoms with van der Waals surface area (Å²) in [6.07, 6.45) is 5.01. The fraction of sp³-hybridized carbons (Fsp3) is 0.440. The van der Waals surface area contributed by atoms with E-state index in [9.17, 15) is 18.0 Å². The van der Waals surface area contributed by atoms with E-state index in [2.05, 4.69) is 5.32 Å². The molecule has 1 N–H and O–H groups in total. The predicted molar refractivity (Wildman–Crippen MR) is 132 cm³/mol. The number of benzene rings is 2. The maximum atomic E-state index is 12.6. The van der Waals surface area contributed by atoms with Crippen molar-refractivity contribution in [2.75, 3.05) is 35.5 Å². The molecule has 2 aromatic carbocycles. The first kappa shape index (κ1) is 24.8. The number of anilines is 2. The first-order chi connectivity index (χ1) is 15.7. The third-order valence-electron chi connectivity index (χ3n) is 6.07. The molecule has 3 rings (SSSR count). The summed E-state index contributed by atoms with van der Waals surface area (Å²) in [6.45, 7) is 5.65. The van der Waals surface area contributed by atoms with Crippen LogP contribution in [0.1, 0.15) is 53.6 Å². The molecule has 33 heavy (non-hydrogen) atoms. The second-order valence-electron chi connectivity index (χ2n) is 8.64. The van der Waals surface area contributed by atoms with Crippen LogP contribution in [-0.4, -0.2) is 51.0 Å². The van der Waals surface area contributed by atoms with E-state index in [0.29, 0.717) is 23.4 Å². The average molecular weight is 472 g/mol. The lowest BCUT2D eigenvalue weighted by Crippen LogP contribution is -2.35. The minimum Gasteiger partial charge on any atom is -0.339 e. The summed E-state index contributed by atoms with van der Waals surface area (Å²) in [5.41, 5.74) is 3.80. The summed E-state index contributed by atoms with van der Waals surface area (Å²) in [5, 5.41) is 2.83. The van der Waals surface area contributed by atoms with Gasteiger partial charge in [-0.05, 0) is 81.0 Å². The number of amides is 2. The van der Waals surface area contributed by atoms with E-state index in [-0.39, 0.29) is 24.8 Å². The van der Waals surface area contributed by atoms with E-state index in [4.69, 9.17) is 0 Å². The van der Waals surface area contributed by atoms with Crippen molar-refractivity contribution in [2.24, 2.45) is 0 Å². The number of rotatable bonds is 8. The molecule has 0 saturated carbocycles. The minimum absolute atomic E-state index is 0.0277. The molecule has 0 bridgehead atoms. The molecule has 0 radical (unpaired) electrons. The monoisotopic (exact) mass is 471 g/mol. The van der Waals surface area contributed by atoms with Crippen molar-refractivity contribution in [1.82, 2.24) is 4.90 Å². The molecular formula is C25H33N3O4S. The Bertz CT molecular complexity index is 1090. The summed E-state index contributed by atoms with van der Waals surface area (Å²) in [7, 11) is -3.47. The molecule has 1 aliphatic heterocycles. The molecule has 1 fully saturated rings. The number of carbonyl (C=O) groups is 2. The Morgan fingerprint density at radius 2 is 1.67 bits per heavy atom. The zero-order valence-electron chi connectivity index (χ0n) is 19.6. The fourth-order valence-electron chi connectivity index (χ4n) is 4.05. The fourth-order valence-corrected chi connectivity index (χ4v) is 5.07. The van der Waals surface area contributed by atoms with Crippen LogP contribution in [0.4, 0.5) is 11.4 Å². The van der Waals surface area contributed by atoms with Crippen LogP contribution in [0.2, 0.25) is 0 Å². The van der Waals surface area contributed by atoms with Crippen molar-refractivity contribution in [1.29, 1.82) is 0 Å². The van der Waals surface area contributed by atoms with Crippen LogP contribution in [-0.2, 0) is 14.8 Å². The third-order valence-corrected chi connectivity index (χ3v) is 7.25. The molecule has 0 aromatic heterocycles. The molecule has 8 heteroatoms. The highest BCUT2D eigenvalue weighted by Gasteiger charge is 2.20. The summed E-state index contributed by atoms with van der Waals surface area (Å²) in [6, 6.07) is 12.5. The van der Waals surface area contributed by atoms with Gasteiger partial charge in [-0.3, -0.25) is 13.9 Å². The Labute approximate surface area is 196 Å². The second kappa shape index (κ2) is 10.8. The highest BCUT2D eigenvalue weighted by molar-refractivity contribution is 7.92. The van der Waals surface area contributed by atoms with Gasteiger partial charge in [0, 0.05) is 37.3 Å². The maximum Gasteiger partial charge on any atom is 0.253 e. The number of hydrogen-bond donors (Lipinski definition) is 1. The first-order valence-corrected chi connectivity index (χ1v) is 13.2. The molecule has 178 valence electrons. The SMILES string of the molecule is Cc1cccc(N(CCCC(=O)Nc2ccc(C(=O)N3CCCCC3)cc2)S(C)(=O)=O)c1C. The standard InChI is InChI=1S/C25H33N3O4S/c1-19-9-7-10-23(20(19)2)28(33(3,31)32)18-8-11-24(29)26-22-14-12-21(13-15-22)25(30)27-16-5-4-6-17-27/h7,9-10,12-15H,4-6,8,11,16-18H2,1-3H3,(H,26,29). The van der Waals surface area contributed by atoms with E-state index < -0.39 is 10.0 Å². The molecular weight excluding hydrogens is 438 g/mol. The Hall–Kier alpha value is -2.87. The van der Waals surface area contributed by atoms with Crippen molar-refractivity contribution < 1.29 is 18.0 Å². The van der Waals surface area contributed by atoms with Crippen molar-refractivity contribution in [3.8, 4) is 0 Å². The quantitative estimate of drug-likeness (QED) is 0.628. The van der Waals surface area contributed by atoms with E-state index >= 15 is 0 Å². The van der Waals surface area contributed by atoms with Gasteiger partial charge in [-0.2, -0.15) is 0 Å². The topological polar surface area (TPSA) is 86.8 Å². The van der Waals surface area contributed by atoms with Crippen molar-refractivity contribution in [3.05, 3.63) is 59.2 Å². The van der Waals surface area contributed by atoms with Crippen molar-refractivity contribution in [3.63, 3.8) is 0 Å². The van der Waals surface area contributed by atoms with Gasteiger partial charge in [0.2, 0.25) is 15.9 Å². The summed E-state index contributed by atoms with van der Waals surface area (Å²) < 4.78 is 26.1. The van der Waals surface area contributed by atoms with Gasteiger partial charge in [-0.1, -0.05) is 12.1 Å². The highest BCUT2D eigenvalue weighted by Crippen LogP contribution is 2.25. The van der Waals surface area contributed by atoms with Gasteiger partial charge >= 0.3 is 0 Å². The number of carbonyl (C=O) groups excluding carboxylic acids is 2. The highest BCUT2D eigenvalue weighted by atomic mass is 32.2. The normalized spacial score (nSPS) is 14.1. The minimum atomic E-state index is -3.47. The molecule has 1 heterocycles. The third kappa shape index (κ3) is 6.57. The largest absolute Gasteiger partial charge is 0.339 e. The molecule has 0 atom stereocenters. The van der Waals surface area contributed by atoms with Crippen LogP contribution in [0.15, 0.2) is 42.5 Å². The Balaban J connectivity index is 1.55. The van der Waals surface area contributed by atoms with Gasteiger partial charge in [-0.15, -0.1) is 0 Å². The predicted octanol–water partition coefficient (Wildman–Crippen LogP) is 4.11. The number of hydrogen-bond acceptors (Lipinski definition) is 4. The lowest BCUT2D eigenvalue weighted by molar-refractivity contribution is -0.116. The smallest absolute Gasteiger partial charge is 0.253 e. The number of likely N-dealkylation sites (tertiary alicyclic amines) is 1. The van der Waals surface area contributed by atoms with Gasteiger partial charge in [0.25, 0.3) is 5.91 Å². The van der Waals surface area contributed by atoms with Crippen LogP contribution in [0, 0.1) is 13.8 Å². The van der Waals surface area contributed by atoms with Crippen LogP contribution in [0.3, 0.4) is 0 Å². The first-order valence-electron chi connectivity index (χ1n) is 11.4. The van der Waals surface area contributed by atoms with Crippen LogP contribution in [0.25, 0.3) is 0 Å². The van der Waals surface area contributed by atoms with Gasteiger partial charge in [0.1, 0.15) is 0 Å². The van der Waals surface area contributed by atoms with E-state index in [1.165, 1.54) is 17.0 Å². The summed E-state index contributed by atoms with van der Waals surface area (Å²) in [5.74, 6) is -0.167. The summed E-state index contributed by atoms with van der Waals surface area (Å²) >= 11 is 0. The molecule has 1 aliphatic rings. The zero-order chi connectivity index (χ0) is 24.0. The van der Waals surface area contributed by atoms with Crippen LogP contribution in [0.5, 0.6) is 0 Å². The molecule has 0 unspecified atom stereocenters. The lowest BCUT2D eigenvalue weighted by Gasteiger charge is -2.26. The van der Waals surface area contributed by atoms with Gasteiger partial charge in [-0.25, -0.2) is 8.42 Å². The van der Waals surface area contributed by atoms with Crippen molar-refractivity contribution in [2.45, 2.75) is 46.0 Å². The van der Waals surface area contributed by atoms with Crippen LogP contribution < -0.4 is 9.62 Å². The zero-order valence-corrected chi connectivity index (χ0v) is 20.5. The van der Waals surface area contributed by atoms with Crippen LogP contribution >= 0.6 is 0 Å². The summed E-state index contributed by atoms with van der Waals surface area (Å²) in [4.78, 5) is 26.9. The maximum absolute atomic E-state index is 12.6. The molecule has 1 saturated heterocycles. The van der Waals surface area contributed by atoms with Crippen molar-refractivity contribution >= 4 is 33.2 Å². The number of sulfonamides is 1. The molecule has 0 aliphatic carbocycles. The van der Waals surface area contributed by atoms with E-state index in [0.717, 1.165) is 37.1 Å². The number of nitrogens with one attached hydrogen (secondary N) is 1. The van der Waals surface area contributed by atoms with E-state index in [1.54, 1.807) is 30.3 Å². The average Bonchev–Trinajstić information content (AvgIpc) is 2.79. The second-order valence-corrected chi connectivity index (χ2v) is 10.5. The molecule has 7 nitrogen and oxygen atoms in total. The van der Waals surface area contributed by atoms with Gasteiger partial charge in [0.15, 0.2) is 0 Å². The molecule has 2 aromatic rings. The Morgan fingerprint density at radius 3 is 2.30 bits per heavy atom. The molecule has 0 spiro atoms. The molecule has 2 amide bonds. The number of nitrogens with zero attached hydrogens (tertiary/aromatic N) is 2. The number of piperidine rings is 1. The van der Waals surface area contributed by atoms with E-state index in [1.807, 2.05) is 30.9 Å². The lowest BCUT2D eigenvalue weighted by atomic mass is 10.1. The Morgan fingerprint density at radius 1 is 1.00 bits per heavy atom. The number of aryl methyl sites for hydroxylation is 1. The Kier molecular flexibility index (Phi) is 8.13. The van der Waals surface area contributed by atoms with Gasteiger partial charge in [0.05, 0.1) is 11.9 Å². The van der Waals surface area contributed by atoms with Gasteiger partial charge < -0.3 is 10.2 Å².